The first kappa shape index (κ1) is 14.8. The summed E-state index contributed by atoms with van der Waals surface area (Å²) >= 11 is 0. The molecule has 0 fully saturated rings. The fraction of sp³-hybridized carbons (Fsp3) is 0.118. The summed E-state index contributed by atoms with van der Waals surface area (Å²) in [6, 6.07) is 14.5. The molecule has 2 aromatic carbocycles. The molecular weight excluding hydrogens is 294 g/mol. The molecule has 6 nitrogen and oxygen atoms in total. The summed E-state index contributed by atoms with van der Waals surface area (Å²) in [4.78, 5) is 15.6. The van der Waals surface area contributed by atoms with Crippen LogP contribution in [0.25, 0.3) is 11.4 Å². The highest BCUT2D eigenvalue weighted by Gasteiger charge is 2.12. The monoisotopic (exact) mass is 309 g/mol. The van der Waals surface area contributed by atoms with Gasteiger partial charge in [-0.1, -0.05) is 47.1 Å². The Labute approximate surface area is 132 Å². The van der Waals surface area contributed by atoms with Crippen molar-refractivity contribution in [3.63, 3.8) is 0 Å². The molecule has 0 spiro atoms. The molecule has 3 aromatic rings. The van der Waals surface area contributed by atoms with E-state index in [1.54, 1.807) is 24.3 Å². The molecule has 0 unspecified atom stereocenters. The van der Waals surface area contributed by atoms with Crippen LogP contribution in [-0.2, 0) is 6.61 Å². The molecular formula is C17H15N3O3. The third kappa shape index (κ3) is 3.37. The zero-order valence-electron chi connectivity index (χ0n) is 12.5. The average Bonchev–Trinajstić information content (AvgIpc) is 3.03. The minimum atomic E-state index is -0.550. The summed E-state index contributed by atoms with van der Waals surface area (Å²) in [6.07, 6.45) is 0. The third-order valence-electron chi connectivity index (χ3n) is 3.28. The molecule has 0 radical (unpaired) electrons. The van der Waals surface area contributed by atoms with Crippen LogP contribution < -0.4 is 10.5 Å². The van der Waals surface area contributed by atoms with Gasteiger partial charge in [-0.2, -0.15) is 4.98 Å². The van der Waals surface area contributed by atoms with Crippen molar-refractivity contribution in [2.75, 3.05) is 0 Å². The summed E-state index contributed by atoms with van der Waals surface area (Å²) in [5.41, 5.74) is 7.64. The fourth-order valence-electron chi connectivity index (χ4n) is 2.07. The number of aryl methyl sites for hydroxylation is 1. The van der Waals surface area contributed by atoms with Crippen molar-refractivity contribution in [1.29, 1.82) is 0 Å². The maximum absolute atomic E-state index is 11.3. The number of amides is 1. The van der Waals surface area contributed by atoms with E-state index in [0.29, 0.717) is 23.0 Å². The van der Waals surface area contributed by atoms with Gasteiger partial charge in [0, 0.05) is 5.56 Å². The van der Waals surface area contributed by atoms with Crippen molar-refractivity contribution in [3.8, 4) is 17.1 Å². The number of aromatic nitrogens is 2. The Bertz CT molecular complexity index is 825. The number of primary amides is 1. The minimum Gasteiger partial charge on any atom is -0.483 e. The molecule has 0 aliphatic heterocycles. The van der Waals surface area contributed by atoms with Gasteiger partial charge in [-0.05, 0) is 19.1 Å². The van der Waals surface area contributed by atoms with E-state index >= 15 is 0 Å². The fourth-order valence-corrected chi connectivity index (χ4v) is 2.07. The molecule has 1 aromatic heterocycles. The molecule has 3 rings (SSSR count). The Hall–Kier alpha value is -3.15. The van der Waals surface area contributed by atoms with Gasteiger partial charge in [0.05, 0.1) is 5.56 Å². The number of hydrogen-bond donors (Lipinski definition) is 1. The second-order valence-corrected chi connectivity index (χ2v) is 5.03. The first-order valence-corrected chi connectivity index (χ1v) is 7.05. The molecule has 0 atom stereocenters. The van der Waals surface area contributed by atoms with E-state index in [2.05, 4.69) is 10.1 Å². The van der Waals surface area contributed by atoms with Gasteiger partial charge in [-0.25, -0.2) is 0 Å². The summed E-state index contributed by atoms with van der Waals surface area (Å²) in [6.45, 7) is 2.07. The number of para-hydroxylation sites is 1. The predicted octanol–water partition coefficient (Wildman–Crippen LogP) is 2.72. The smallest absolute Gasteiger partial charge is 0.264 e. The summed E-state index contributed by atoms with van der Waals surface area (Å²) in [5.74, 6) is 0.646. The lowest BCUT2D eigenvalue weighted by Crippen LogP contribution is -2.12. The number of carbonyl (C=O) groups is 1. The summed E-state index contributed by atoms with van der Waals surface area (Å²) in [5, 5.41) is 3.93. The predicted molar refractivity (Wildman–Crippen MR) is 83.8 cm³/mol. The van der Waals surface area contributed by atoms with Crippen LogP contribution in [0, 0.1) is 6.92 Å². The Morgan fingerprint density at radius 3 is 2.65 bits per heavy atom. The number of carbonyl (C=O) groups excluding carboxylic acids is 1. The van der Waals surface area contributed by atoms with Crippen LogP contribution in [0.2, 0.25) is 0 Å². The number of benzene rings is 2. The van der Waals surface area contributed by atoms with Crippen molar-refractivity contribution < 1.29 is 14.1 Å². The molecule has 2 N–H and O–H groups in total. The topological polar surface area (TPSA) is 91.2 Å². The van der Waals surface area contributed by atoms with E-state index in [1.165, 1.54) is 0 Å². The Morgan fingerprint density at radius 2 is 1.91 bits per heavy atom. The molecule has 0 bridgehead atoms. The number of hydrogen-bond acceptors (Lipinski definition) is 5. The van der Waals surface area contributed by atoms with E-state index in [4.69, 9.17) is 15.0 Å². The maximum atomic E-state index is 11.3. The second kappa shape index (κ2) is 6.31. The van der Waals surface area contributed by atoms with Gasteiger partial charge in [0.2, 0.25) is 5.82 Å². The lowest BCUT2D eigenvalue weighted by molar-refractivity contribution is 0.0995. The van der Waals surface area contributed by atoms with Gasteiger partial charge in [0.25, 0.3) is 11.8 Å². The first-order chi connectivity index (χ1) is 11.1. The lowest BCUT2D eigenvalue weighted by Gasteiger charge is -2.06. The van der Waals surface area contributed by atoms with Crippen LogP contribution in [0.3, 0.4) is 0 Å². The van der Waals surface area contributed by atoms with Crippen LogP contribution in [-0.4, -0.2) is 16.0 Å². The zero-order chi connectivity index (χ0) is 16.2. The van der Waals surface area contributed by atoms with E-state index in [9.17, 15) is 4.79 Å². The van der Waals surface area contributed by atoms with Gasteiger partial charge in [0.1, 0.15) is 5.75 Å². The third-order valence-corrected chi connectivity index (χ3v) is 3.28. The van der Waals surface area contributed by atoms with Gasteiger partial charge in [-0.15, -0.1) is 0 Å². The molecule has 1 heterocycles. The van der Waals surface area contributed by atoms with Crippen molar-refractivity contribution in [2.24, 2.45) is 5.73 Å². The Morgan fingerprint density at radius 1 is 1.17 bits per heavy atom. The van der Waals surface area contributed by atoms with Crippen LogP contribution >= 0.6 is 0 Å². The first-order valence-electron chi connectivity index (χ1n) is 7.05. The number of ether oxygens (including phenoxy) is 1. The Balaban J connectivity index is 1.73. The van der Waals surface area contributed by atoms with Gasteiger partial charge in [-0.3, -0.25) is 4.79 Å². The number of nitrogens with zero attached hydrogens (tertiary/aromatic N) is 2. The minimum absolute atomic E-state index is 0.0587. The van der Waals surface area contributed by atoms with E-state index in [1.807, 2.05) is 31.2 Å². The van der Waals surface area contributed by atoms with Crippen LogP contribution in [0.15, 0.2) is 53.1 Å². The highest BCUT2D eigenvalue weighted by Crippen LogP contribution is 2.20. The van der Waals surface area contributed by atoms with Crippen LogP contribution in [0.4, 0.5) is 0 Å². The van der Waals surface area contributed by atoms with Gasteiger partial charge < -0.3 is 15.0 Å². The highest BCUT2D eigenvalue weighted by atomic mass is 16.5. The normalized spacial score (nSPS) is 10.5. The summed E-state index contributed by atoms with van der Waals surface area (Å²) in [7, 11) is 0. The Kier molecular flexibility index (Phi) is 4.05. The molecule has 0 saturated heterocycles. The quantitative estimate of drug-likeness (QED) is 0.782. The van der Waals surface area contributed by atoms with Crippen LogP contribution in [0.1, 0.15) is 21.8 Å². The van der Waals surface area contributed by atoms with Crippen molar-refractivity contribution >= 4 is 5.91 Å². The molecule has 6 heteroatoms. The van der Waals surface area contributed by atoms with E-state index < -0.39 is 5.91 Å². The van der Waals surface area contributed by atoms with Crippen molar-refractivity contribution in [3.05, 3.63) is 65.5 Å². The van der Waals surface area contributed by atoms with Crippen molar-refractivity contribution in [1.82, 2.24) is 10.1 Å². The number of rotatable bonds is 5. The molecule has 116 valence electrons. The molecule has 1 amide bonds. The van der Waals surface area contributed by atoms with Gasteiger partial charge >= 0.3 is 0 Å². The van der Waals surface area contributed by atoms with E-state index in [0.717, 1.165) is 11.1 Å². The number of nitrogens with two attached hydrogens (primary N) is 1. The van der Waals surface area contributed by atoms with E-state index in [-0.39, 0.29) is 6.61 Å². The second-order valence-electron chi connectivity index (χ2n) is 5.03. The lowest BCUT2D eigenvalue weighted by atomic mass is 10.1. The molecule has 23 heavy (non-hydrogen) atoms. The molecule has 0 aliphatic rings. The standard InChI is InChI=1S/C17H15N3O3/c1-11-6-8-12(9-7-11)17-19-15(23-20-17)10-22-14-5-3-2-4-13(14)16(18)21/h2-9H,10H2,1H3,(H2,18,21). The van der Waals surface area contributed by atoms with Crippen LogP contribution in [0.5, 0.6) is 5.75 Å². The molecule has 0 saturated carbocycles. The zero-order valence-corrected chi connectivity index (χ0v) is 12.5. The SMILES string of the molecule is Cc1ccc(-c2noc(COc3ccccc3C(N)=O)n2)cc1. The maximum Gasteiger partial charge on any atom is 0.264 e. The van der Waals surface area contributed by atoms with Gasteiger partial charge in [0.15, 0.2) is 6.61 Å². The molecule has 0 aliphatic carbocycles. The van der Waals surface area contributed by atoms with Crippen molar-refractivity contribution in [2.45, 2.75) is 13.5 Å². The largest absolute Gasteiger partial charge is 0.483 e. The summed E-state index contributed by atoms with van der Waals surface area (Å²) < 4.78 is 10.7. The average molecular weight is 309 g/mol. The highest BCUT2D eigenvalue weighted by molar-refractivity contribution is 5.95.